The number of hydrazone groups is 1. The van der Waals surface area contributed by atoms with Gasteiger partial charge in [-0.3, -0.25) is 15.5 Å². The third-order valence-electron chi connectivity index (χ3n) is 3.56. The van der Waals surface area contributed by atoms with Crippen molar-refractivity contribution in [3.05, 3.63) is 81.5 Å². The molecule has 0 aliphatic carbocycles. The Bertz CT molecular complexity index is 959. The van der Waals surface area contributed by atoms with Gasteiger partial charge in [-0.1, -0.05) is 41.9 Å². The van der Waals surface area contributed by atoms with Crippen LogP contribution in [0.5, 0.6) is 0 Å². The van der Waals surface area contributed by atoms with Crippen LogP contribution >= 0.6 is 11.6 Å². The number of halogens is 1. The van der Waals surface area contributed by atoms with Gasteiger partial charge in [0.2, 0.25) is 0 Å². The van der Waals surface area contributed by atoms with E-state index in [1.54, 1.807) is 25.1 Å². The number of non-ortho nitro benzene ring substituents is 1. The van der Waals surface area contributed by atoms with Gasteiger partial charge >= 0.3 is 0 Å². The van der Waals surface area contributed by atoms with E-state index < -0.39 is 4.92 Å². The van der Waals surface area contributed by atoms with E-state index in [9.17, 15) is 10.1 Å². The fraction of sp³-hybridized carbons (Fsp3) is 0.0556. The number of aromatic nitrogens is 2. The molecule has 0 saturated carbocycles. The highest BCUT2D eigenvalue weighted by Gasteiger charge is 2.07. The number of nitro groups is 1. The number of hydrogen-bond acceptors (Lipinski definition) is 6. The lowest BCUT2D eigenvalue weighted by molar-refractivity contribution is -0.384. The molecule has 0 aliphatic heterocycles. The molecular formula is C18H14ClN5O2. The third kappa shape index (κ3) is 4.20. The van der Waals surface area contributed by atoms with Gasteiger partial charge in [0, 0.05) is 23.8 Å². The summed E-state index contributed by atoms with van der Waals surface area (Å²) in [6.45, 7) is 1.79. The summed E-state index contributed by atoms with van der Waals surface area (Å²) in [7, 11) is 0. The summed E-state index contributed by atoms with van der Waals surface area (Å²) >= 11 is 6.08. The molecule has 8 heteroatoms. The van der Waals surface area contributed by atoms with Crippen LogP contribution in [0.25, 0.3) is 11.4 Å². The average Bonchev–Trinajstić information content (AvgIpc) is 2.66. The van der Waals surface area contributed by atoms with E-state index in [-0.39, 0.29) is 5.69 Å². The average molecular weight is 368 g/mol. The molecule has 0 bridgehead atoms. The molecule has 0 radical (unpaired) electrons. The Hall–Kier alpha value is -3.32. The van der Waals surface area contributed by atoms with Crippen molar-refractivity contribution in [2.45, 2.75) is 6.92 Å². The lowest BCUT2D eigenvalue weighted by Gasteiger charge is -2.06. The van der Waals surface area contributed by atoms with Crippen molar-refractivity contribution < 1.29 is 4.92 Å². The fourth-order valence-corrected chi connectivity index (χ4v) is 2.40. The van der Waals surface area contributed by atoms with Crippen LogP contribution in [0.1, 0.15) is 12.5 Å². The highest BCUT2D eigenvalue weighted by atomic mass is 35.5. The number of anilines is 1. The predicted molar refractivity (Wildman–Crippen MR) is 101 cm³/mol. The summed E-state index contributed by atoms with van der Waals surface area (Å²) < 4.78 is 0. The molecule has 0 amide bonds. The maximum absolute atomic E-state index is 10.7. The topological polar surface area (TPSA) is 93.3 Å². The number of hydrogen-bond donors (Lipinski definition) is 1. The van der Waals surface area contributed by atoms with Crippen molar-refractivity contribution in [3.8, 4) is 11.4 Å². The lowest BCUT2D eigenvalue weighted by atomic mass is 10.1. The van der Waals surface area contributed by atoms with Crippen molar-refractivity contribution in [2.24, 2.45) is 5.10 Å². The molecule has 0 saturated heterocycles. The fourth-order valence-electron chi connectivity index (χ4n) is 2.22. The molecule has 0 spiro atoms. The van der Waals surface area contributed by atoms with E-state index in [1.165, 1.54) is 12.1 Å². The van der Waals surface area contributed by atoms with E-state index in [1.807, 2.05) is 30.3 Å². The minimum Gasteiger partial charge on any atom is -0.261 e. The van der Waals surface area contributed by atoms with E-state index in [0.29, 0.717) is 22.5 Å². The van der Waals surface area contributed by atoms with Gasteiger partial charge in [0.25, 0.3) is 5.69 Å². The lowest BCUT2D eigenvalue weighted by Crippen LogP contribution is -2.02. The first kappa shape index (κ1) is 17.5. The second-order valence-corrected chi connectivity index (χ2v) is 5.77. The van der Waals surface area contributed by atoms with E-state index >= 15 is 0 Å². The molecular weight excluding hydrogens is 354 g/mol. The predicted octanol–water partition coefficient (Wildman–Crippen LogP) is 4.54. The Balaban J connectivity index is 1.81. The summed E-state index contributed by atoms with van der Waals surface area (Å²) in [5.41, 5.74) is 5.13. The van der Waals surface area contributed by atoms with E-state index in [2.05, 4.69) is 20.5 Å². The van der Waals surface area contributed by atoms with Crippen molar-refractivity contribution in [3.63, 3.8) is 0 Å². The van der Waals surface area contributed by atoms with Crippen molar-refractivity contribution >= 4 is 28.8 Å². The minimum absolute atomic E-state index is 0.0320. The highest BCUT2D eigenvalue weighted by Crippen LogP contribution is 2.20. The largest absolute Gasteiger partial charge is 0.269 e. The molecule has 3 rings (SSSR count). The second-order valence-electron chi connectivity index (χ2n) is 5.38. The van der Waals surface area contributed by atoms with Crippen LogP contribution in [0.3, 0.4) is 0 Å². The van der Waals surface area contributed by atoms with Gasteiger partial charge in [0.05, 0.1) is 10.6 Å². The molecule has 3 aromatic rings. The number of rotatable bonds is 5. The Kier molecular flexibility index (Phi) is 5.19. The molecule has 26 heavy (non-hydrogen) atoms. The second kappa shape index (κ2) is 7.71. The minimum atomic E-state index is -0.442. The van der Waals surface area contributed by atoms with Crippen molar-refractivity contribution in [2.75, 3.05) is 5.43 Å². The zero-order chi connectivity index (χ0) is 18.5. The van der Waals surface area contributed by atoms with Gasteiger partial charge < -0.3 is 0 Å². The van der Waals surface area contributed by atoms with Crippen LogP contribution in [0.4, 0.5) is 11.5 Å². The van der Waals surface area contributed by atoms with Crippen LogP contribution in [-0.4, -0.2) is 20.6 Å². The van der Waals surface area contributed by atoms with Crippen LogP contribution in [-0.2, 0) is 0 Å². The normalized spacial score (nSPS) is 11.2. The summed E-state index contributed by atoms with van der Waals surface area (Å²) in [5.74, 6) is 0.939. The first-order valence-electron chi connectivity index (χ1n) is 7.68. The van der Waals surface area contributed by atoms with Gasteiger partial charge in [-0.05, 0) is 24.6 Å². The quantitative estimate of drug-likeness (QED) is 0.309. The standard InChI is InChI=1S/C18H14ClN5O2/c1-12(13-7-9-15(10-8-13)24(25)26)22-23-17-11-16(19)20-18(21-17)14-5-3-2-4-6-14/h2-11H,1H3,(H,20,21,23)/b22-12+. The van der Waals surface area contributed by atoms with E-state index in [4.69, 9.17) is 11.6 Å². The number of nitrogens with one attached hydrogen (secondary N) is 1. The summed E-state index contributed by atoms with van der Waals surface area (Å²) in [6.07, 6.45) is 0. The summed E-state index contributed by atoms with van der Waals surface area (Å²) in [4.78, 5) is 18.9. The van der Waals surface area contributed by atoms with Crippen LogP contribution in [0.15, 0.2) is 65.8 Å². The van der Waals surface area contributed by atoms with Gasteiger partial charge in [-0.2, -0.15) is 5.10 Å². The molecule has 0 aliphatic rings. The van der Waals surface area contributed by atoms with Gasteiger partial charge in [0.1, 0.15) is 5.15 Å². The van der Waals surface area contributed by atoms with Crippen LogP contribution < -0.4 is 5.43 Å². The maximum Gasteiger partial charge on any atom is 0.269 e. The zero-order valence-corrected chi connectivity index (χ0v) is 14.5. The number of nitro benzene ring substituents is 1. The molecule has 7 nitrogen and oxygen atoms in total. The van der Waals surface area contributed by atoms with Crippen LogP contribution in [0.2, 0.25) is 5.15 Å². The highest BCUT2D eigenvalue weighted by molar-refractivity contribution is 6.29. The Morgan fingerprint density at radius 3 is 2.46 bits per heavy atom. The molecule has 2 aromatic carbocycles. The van der Waals surface area contributed by atoms with Gasteiger partial charge in [-0.25, -0.2) is 9.97 Å². The smallest absolute Gasteiger partial charge is 0.261 e. The first-order chi connectivity index (χ1) is 12.5. The molecule has 0 atom stereocenters. The Labute approximate surface area is 154 Å². The third-order valence-corrected chi connectivity index (χ3v) is 3.75. The molecule has 130 valence electrons. The molecule has 1 N–H and O–H groups in total. The van der Waals surface area contributed by atoms with Gasteiger partial charge in [0.15, 0.2) is 11.6 Å². The number of nitrogens with zero attached hydrogens (tertiary/aromatic N) is 4. The summed E-state index contributed by atoms with van der Waals surface area (Å²) in [5, 5.41) is 15.3. The van der Waals surface area contributed by atoms with E-state index in [0.717, 1.165) is 11.1 Å². The monoisotopic (exact) mass is 367 g/mol. The Morgan fingerprint density at radius 2 is 1.81 bits per heavy atom. The number of benzene rings is 2. The zero-order valence-electron chi connectivity index (χ0n) is 13.8. The van der Waals surface area contributed by atoms with Gasteiger partial charge in [-0.15, -0.1) is 0 Å². The first-order valence-corrected chi connectivity index (χ1v) is 8.06. The molecule has 1 heterocycles. The van der Waals surface area contributed by atoms with Crippen molar-refractivity contribution in [1.82, 2.24) is 9.97 Å². The molecule has 0 fully saturated rings. The van der Waals surface area contributed by atoms with Crippen molar-refractivity contribution in [1.29, 1.82) is 0 Å². The molecule has 0 unspecified atom stereocenters. The van der Waals surface area contributed by atoms with Crippen LogP contribution in [0, 0.1) is 10.1 Å². The molecule has 1 aromatic heterocycles. The SMILES string of the molecule is C/C(=N\Nc1cc(Cl)nc(-c2ccccc2)n1)c1ccc([N+](=O)[O-])cc1. The maximum atomic E-state index is 10.7. The Morgan fingerprint density at radius 1 is 1.12 bits per heavy atom. The summed E-state index contributed by atoms with van der Waals surface area (Å²) in [6, 6.07) is 17.2.